The van der Waals surface area contributed by atoms with Gasteiger partial charge in [0.25, 0.3) is 0 Å². The predicted octanol–water partition coefficient (Wildman–Crippen LogP) is 2.32. The molecule has 0 saturated carbocycles. The normalized spacial score (nSPS) is 14.2. The summed E-state index contributed by atoms with van der Waals surface area (Å²) in [7, 11) is 0. The van der Waals surface area contributed by atoms with Crippen molar-refractivity contribution in [1.29, 1.82) is 0 Å². The number of nitrogens with two attached hydrogens (primary N) is 1. The van der Waals surface area contributed by atoms with Crippen LogP contribution in [0.1, 0.15) is 12.5 Å². The lowest BCUT2D eigenvalue weighted by Gasteiger charge is -2.09. The van der Waals surface area contributed by atoms with Gasteiger partial charge in [-0.2, -0.15) is 0 Å². The van der Waals surface area contributed by atoms with Crippen molar-refractivity contribution in [2.24, 2.45) is 0 Å². The van der Waals surface area contributed by atoms with Gasteiger partial charge in [-0.25, -0.2) is 0 Å². The Kier molecular flexibility index (Phi) is 2.36. The van der Waals surface area contributed by atoms with Crippen molar-refractivity contribution < 1.29 is 4.74 Å². The number of rotatable bonds is 2. The van der Waals surface area contributed by atoms with E-state index in [1.54, 1.807) is 0 Å². The van der Waals surface area contributed by atoms with E-state index in [0.717, 1.165) is 30.2 Å². The first-order valence-electron chi connectivity index (χ1n) is 4.50. The van der Waals surface area contributed by atoms with Gasteiger partial charge in [0.1, 0.15) is 5.75 Å². The molecule has 0 unspecified atom stereocenters. The minimum atomic E-state index is 0.719. The van der Waals surface area contributed by atoms with Crippen molar-refractivity contribution >= 4 is 17.4 Å². The molecule has 2 rings (SSSR count). The SMILES string of the molecule is CCOc1ccc(N)c2c1SCC2. The number of hydrogen-bond donors (Lipinski definition) is 1. The maximum Gasteiger partial charge on any atom is 0.133 e. The molecule has 1 aliphatic rings. The Morgan fingerprint density at radius 1 is 1.54 bits per heavy atom. The highest BCUT2D eigenvalue weighted by Gasteiger charge is 2.18. The van der Waals surface area contributed by atoms with E-state index >= 15 is 0 Å². The lowest BCUT2D eigenvalue weighted by atomic mass is 10.1. The lowest BCUT2D eigenvalue weighted by molar-refractivity contribution is 0.332. The monoisotopic (exact) mass is 195 g/mol. The topological polar surface area (TPSA) is 35.2 Å². The van der Waals surface area contributed by atoms with Gasteiger partial charge < -0.3 is 10.5 Å². The van der Waals surface area contributed by atoms with Crippen LogP contribution in [0, 0.1) is 0 Å². The number of benzene rings is 1. The fourth-order valence-electron chi connectivity index (χ4n) is 1.56. The van der Waals surface area contributed by atoms with Crippen LogP contribution in [0.4, 0.5) is 5.69 Å². The highest BCUT2D eigenvalue weighted by Crippen LogP contribution is 2.41. The quantitative estimate of drug-likeness (QED) is 0.735. The van der Waals surface area contributed by atoms with Gasteiger partial charge in [-0.1, -0.05) is 0 Å². The van der Waals surface area contributed by atoms with Gasteiger partial charge in [0, 0.05) is 11.4 Å². The zero-order valence-corrected chi connectivity index (χ0v) is 8.49. The van der Waals surface area contributed by atoms with Gasteiger partial charge in [0.15, 0.2) is 0 Å². The molecule has 0 aliphatic carbocycles. The molecule has 1 heterocycles. The summed E-state index contributed by atoms with van der Waals surface area (Å²) in [5.41, 5.74) is 8.05. The number of hydrogen-bond acceptors (Lipinski definition) is 3. The van der Waals surface area contributed by atoms with Crippen LogP contribution in [0.15, 0.2) is 17.0 Å². The molecule has 1 aromatic rings. The molecule has 0 atom stereocenters. The largest absolute Gasteiger partial charge is 0.493 e. The van der Waals surface area contributed by atoms with Crippen LogP contribution in [0.2, 0.25) is 0 Å². The maximum absolute atomic E-state index is 5.87. The van der Waals surface area contributed by atoms with Gasteiger partial charge >= 0.3 is 0 Å². The third-order valence-electron chi connectivity index (χ3n) is 2.16. The second-order valence-electron chi connectivity index (χ2n) is 2.99. The zero-order chi connectivity index (χ0) is 9.26. The molecule has 0 aromatic heterocycles. The summed E-state index contributed by atoms with van der Waals surface area (Å²) in [4.78, 5) is 1.25. The average molecular weight is 195 g/mol. The summed E-state index contributed by atoms with van der Waals surface area (Å²) in [6.45, 7) is 2.72. The fraction of sp³-hybridized carbons (Fsp3) is 0.400. The molecule has 2 nitrogen and oxygen atoms in total. The Bertz CT molecular complexity index is 325. The van der Waals surface area contributed by atoms with Gasteiger partial charge in [-0.3, -0.25) is 0 Å². The number of nitrogen functional groups attached to an aromatic ring is 1. The van der Waals surface area contributed by atoms with Crippen molar-refractivity contribution in [3.05, 3.63) is 17.7 Å². The summed E-state index contributed by atoms with van der Waals surface area (Å²) in [6, 6.07) is 3.91. The average Bonchev–Trinajstić information content (AvgIpc) is 2.59. The van der Waals surface area contributed by atoms with Crippen LogP contribution in [0.5, 0.6) is 5.75 Å². The Hall–Kier alpha value is -0.830. The van der Waals surface area contributed by atoms with E-state index in [4.69, 9.17) is 10.5 Å². The van der Waals surface area contributed by atoms with Crippen molar-refractivity contribution in [2.75, 3.05) is 18.1 Å². The number of fused-ring (bicyclic) bond motifs is 1. The molecule has 0 saturated heterocycles. The van der Waals surface area contributed by atoms with Gasteiger partial charge in [-0.05, 0) is 31.0 Å². The Morgan fingerprint density at radius 2 is 2.38 bits per heavy atom. The molecule has 0 spiro atoms. The maximum atomic E-state index is 5.87. The molecule has 2 N–H and O–H groups in total. The van der Waals surface area contributed by atoms with E-state index in [1.807, 2.05) is 30.8 Å². The highest BCUT2D eigenvalue weighted by atomic mass is 32.2. The zero-order valence-electron chi connectivity index (χ0n) is 7.67. The van der Waals surface area contributed by atoms with Gasteiger partial charge in [-0.15, -0.1) is 11.8 Å². The molecule has 13 heavy (non-hydrogen) atoms. The molecule has 0 bridgehead atoms. The van der Waals surface area contributed by atoms with Crippen LogP contribution in [-0.4, -0.2) is 12.4 Å². The van der Waals surface area contributed by atoms with Crippen molar-refractivity contribution in [3.8, 4) is 5.75 Å². The molecule has 3 heteroatoms. The molecular formula is C10H13NOS. The Labute approximate surface area is 82.5 Å². The van der Waals surface area contributed by atoms with Crippen molar-refractivity contribution in [2.45, 2.75) is 18.2 Å². The summed E-state index contributed by atoms with van der Waals surface area (Å²) in [5.74, 6) is 2.12. The highest BCUT2D eigenvalue weighted by molar-refractivity contribution is 7.99. The minimum absolute atomic E-state index is 0.719. The molecule has 1 aromatic carbocycles. The van der Waals surface area contributed by atoms with Gasteiger partial charge in [0.05, 0.1) is 11.5 Å². The first-order chi connectivity index (χ1) is 6.33. The van der Waals surface area contributed by atoms with E-state index in [0.29, 0.717) is 0 Å². The number of thioether (sulfide) groups is 1. The van der Waals surface area contributed by atoms with E-state index in [-0.39, 0.29) is 0 Å². The lowest BCUT2D eigenvalue weighted by Crippen LogP contribution is -1.97. The summed E-state index contributed by atoms with van der Waals surface area (Å²) < 4.78 is 5.53. The number of anilines is 1. The molecule has 0 amide bonds. The Balaban J connectivity index is 2.43. The molecule has 0 fully saturated rings. The second kappa shape index (κ2) is 3.50. The van der Waals surface area contributed by atoms with E-state index in [1.165, 1.54) is 10.5 Å². The molecule has 0 radical (unpaired) electrons. The van der Waals surface area contributed by atoms with E-state index in [2.05, 4.69) is 0 Å². The minimum Gasteiger partial charge on any atom is -0.493 e. The smallest absolute Gasteiger partial charge is 0.133 e. The van der Waals surface area contributed by atoms with Crippen molar-refractivity contribution in [3.63, 3.8) is 0 Å². The third-order valence-corrected chi connectivity index (χ3v) is 3.30. The summed E-state index contributed by atoms with van der Waals surface area (Å²) in [6.07, 6.45) is 1.08. The number of ether oxygens (including phenoxy) is 1. The van der Waals surface area contributed by atoms with Crippen LogP contribution in [0.3, 0.4) is 0 Å². The standard InChI is InChI=1S/C10H13NOS/c1-2-12-9-4-3-8(11)7-5-6-13-10(7)9/h3-4H,2,5-6,11H2,1H3. The van der Waals surface area contributed by atoms with E-state index < -0.39 is 0 Å². The summed E-state index contributed by atoms with van der Waals surface area (Å²) >= 11 is 1.84. The molecule has 70 valence electrons. The van der Waals surface area contributed by atoms with Crippen LogP contribution < -0.4 is 10.5 Å². The van der Waals surface area contributed by atoms with Crippen LogP contribution >= 0.6 is 11.8 Å². The predicted molar refractivity (Wildman–Crippen MR) is 56.5 cm³/mol. The molecular weight excluding hydrogens is 182 g/mol. The first kappa shape index (κ1) is 8.75. The van der Waals surface area contributed by atoms with Crippen LogP contribution in [0.25, 0.3) is 0 Å². The van der Waals surface area contributed by atoms with Crippen LogP contribution in [-0.2, 0) is 6.42 Å². The Morgan fingerprint density at radius 3 is 3.15 bits per heavy atom. The van der Waals surface area contributed by atoms with Crippen molar-refractivity contribution in [1.82, 2.24) is 0 Å². The third kappa shape index (κ3) is 1.48. The molecule has 1 aliphatic heterocycles. The first-order valence-corrected chi connectivity index (χ1v) is 5.48. The fourth-order valence-corrected chi connectivity index (χ4v) is 2.74. The summed E-state index contributed by atoms with van der Waals surface area (Å²) in [5, 5.41) is 0. The van der Waals surface area contributed by atoms with E-state index in [9.17, 15) is 0 Å². The second-order valence-corrected chi connectivity index (χ2v) is 4.10. The van der Waals surface area contributed by atoms with Gasteiger partial charge in [0.2, 0.25) is 0 Å².